The minimum atomic E-state index is 0.0594. The van der Waals surface area contributed by atoms with Gasteiger partial charge in [-0.15, -0.1) is 11.3 Å². The Morgan fingerprint density at radius 3 is 2.67 bits per heavy atom. The smallest absolute Gasteiger partial charge is 0.262 e. The van der Waals surface area contributed by atoms with Crippen molar-refractivity contribution in [3.63, 3.8) is 0 Å². The van der Waals surface area contributed by atoms with Crippen LogP contribution < -0.4 is 5.56 Å². The summed E-state index contributed by atoms with van der Waals surface area (Å²) in [5.74, 6) is 0. The van der Waals surface area contributed by atoms with Crippen molar-refractivity contribution in [2.24, 2.45) is 0 Å². The summed E-state index contributed by atoms with van der Waals surface area (Å²) in [6, 6.07) is 8.07. The maximum absolute atomic E-state index is 12.7. The third-order valence-electron chi connectivity index (χ3n) is 3.45. The number of aromatic nitrogens is 2. The number of aryl methyl sites for hydroxylation is 2. The van der Waals surface area contributed by atoms with Gasteiger partial charge in [0.15, 0.2) is 0 Å². The first-order valence-corrected chi connectivity index (χ1v) is 8.47. The molecule has 0 N–H and O–H groups in total. The standard InChI is InChI=1S/C16H15BrN2OS/c1-3-8-19-9-18-15-14(16(19)20)13(10(2)21-15)11-4-6-12(17)7-5-11/h4-7,9H,3,8H2,1-2H3. The van der Waals surface area contributed by atoms with E-state index in [4.69, 9.17) is 0 Å². The van der Waals surface area contributed by atoms with E-state index in [9.17, 15) is 4.79 Å². The Kier molecular flexibility index (Phi) is 3.95. The predicted molar refractivity (Wildman–Crippen MR) is 92.0 cm³/mol. The van der Waals surface area contributed by atoms with Crippen LogP contribution in [0.5, 0.6) is 0 Å². The van der Waals surface area contributed by atoms with Gasteiger partial charge in [0, 0.05) is 21.5 Å². The first kappa shape index (κ1) is 14.5. The molecule has 0 amide bonds. The molecule has 2 heterocycles. The van der Waals surface area contributed by atoms with Crippen molar-refractivity contribution in [2.75, 3.05) is 0 Å². The third kappa shape index (κ3) is 2.56. The fraction of sp³-hybridized carbons (Fsp3) is 0.250. The highest BCUT2D eigenvalue weighted by atomic mass is 79.9. The lowest BCUT2D eigenvalue weighted by Gasteiger charge is -2.05. The molecule has 0 radical (unpaired) electrons. The largest absolute Gasteiger partial charge is 0.299 e. The Morgan fingerprint density at radius 1 is 1.29 bits per heavy atom. The van der Waals surface area contributed by atoms with Crippen LogP contribution in [0.3, 0.4) is 0 Å². The van der Waals surface area contributed by atoms with Crippen LogP contribution in [-0.4, -0.2) is 9.55 Å². The molecule has 0 atom stereocenters. The molecule has 0 aliphatic rings. The third-order valence-corrected chi connectivity index (χ3v) is 4.99. The lowest BCUT2D eigenvalue weighted by atomic mass is 10.0. The quantitative estimate of drug-likeness (QED) is 0.681. The molecule has 3 nitrogen and oxygen atoms in total. The van der Waals surface area contributed by atoms with Crippen molar-refractivity contribution in [3.8, 4) is 11.1 Å². The zero-order valence-corrected chi connectivity index (χ0v) is 14.3. The molecule has 0 aliphatic carbocycles. The molecule has 0 saturated carbocycles. The molecule has 3 aromatic rings. The number of nitrogens with zero attached hydrogens (tertiary/aromatic N) is 2. The second-order valence-electron chi connectivity index (χ2n) is 4.96. The number of fused-ring (bicyclic) bond motifs is 1. The lowest BCUT2D eigenvalue weighted by Crippen LogP contribution is -2.20. The number of halogens is 1. The topological polar surface area (TPSA) is 34.9 Å². The minimum absolute atomic E-state index is 0.0594. The molecule has 1 aromatic carbocycles. The second-order valence-corrected chi connectivity index (χ2v) is 7.08. The Hall–Kier alpha value is -1.46. The summed E-state index contributed by atoms with van der Waals surface area (Å²) in [6.45, 7) is 4.81. The van der Waals surface area contributed by atoms with E-state index in [0.717, 1.165) is 37.1 Å². The highest BCUT2D eigenvalue weighted by Gasteiger charge is 2.16. The molecule has 3 rings (SSSR count). The van der Waals surface area contributed by atoms with Gasteiger partial charge in [0.25, 0.3) is 5.56 Å². The van der Waals surface area contributed by atoms with Gasteiger partial charge in [-0.3, -0.25) is 9.36 Å². The fourth-order valence-electron chi connectivity index (χ4n) is 2.50. The van der Waals surface area contributed by atoms with Crippen LogP contribution in [0.2, 0.25) is 0 Å². The molecular formula is C16H15BrN2OS. The van der Waals surface area contributed by atoms with Gasteiger partial charge in [-0.2, -0.15) is 0 Å². The second kappa shape index (κ2) is 5.73. The van der Waals surface area contributed by atoms with E-state index >= 15 is 0 Å². The van der Waals surface area contributed by atoms with Crippen LogP contribution in [0.1, 0.15) is 18.2 Å². The molecule has 5 heteroatoms. The van der Waals surface area contributed by atoms with Gasteiger partial charge in [0.05, 0.1) is 11.7 Å². The molecule has 108 valence electrons. The average molecular weight is 363 g/mol. The van der Waals surface area contributed by atoms with Gasteiger partial charge in [0.1, 0.15) is 4.83 Å². The first-order chi connectivity index (χ1) is 10.1. The molecule has 0 fully saturated rings. The van der Waals surface area contributed by atoms with E-state index in [-0.39, 0.29) is 5.56 Å². The molecule has 2 aromatic heterocycles. The van der Waals surface area contributed by atoms with Gasteiger partial charge >= 0.3 is 0 Å². The van der Waals surface area contributed by atoms with Gasteiger partial charge in [-0.05, 0) is 31.0 Å². The fourth-order valence-corrected chi connectivity index (χ4v) is 3.77. The van der Waals surface area contributed by atoms with Crippen molar-refractivity contribution < 1.29 is 0 Å². The maximum Gasteiger partial charge on any atom is 0.262 e. The Balaban J connectivity index is 2.31. The number of thiophene rings is 1. The maximum atomic E-state index is 12.7. The highest BCUT2D eigenvalue weighted by Crippen LogP contribution is 2.35. The summed E-state index contributed by atoms with van der Waals surface area (Å²) in [7, 11) is 0. The van der Waals surface area contributed by atoms with E-state index in [2.05, 4.69) is 27.8 Å². The van der Waals surface area contributed by atoms with Crippen molar-refractivity contribution in [1.29, 1.82) is 0 Å². The summed E-state index contributed by atoms with van der Waals surface area (Å²) >= 11 is 5.03. The van der Waals surface area contributed by atoms with E-state index in [1.165, 1.54) is 0 Å². The summed E-state index contributed by atoms with van der Waals surface area (Å²) < 4.78 is 2.74. The van der Waals surface area contributed by atoms with E-state index < -0.39 is 0 Å². The molecular weight excluding hydrogens is 348 g/mol. The normalized spacial score (nSPS) is 11.2. The van der Waals surface area contributed by atoms with Crippen molar-refractivity contribution in [3.05, 3.63) is 50.3 Å². The van der Waals surface area contributed by atoms with Gasteiger partial charge in [-0.25, -0.2) is 4.98 Å². The molecule has 0 unspecified atom stereocenters. The number of hydrogen-bond donors (Lipinski definition) is 0. The zero-order chi connectivity index (χ0) is 15.0. The Bertz CT molecular complexity index is 849. The molecule has 0 aliphatic heterocycles. The first-order valence-electron chi connectivity index (χ1n) is 6.86. The Labute approximate surface area is 135 Å². The van der Waals surface area contributed by atoms with Crippen molar-refractivity contribution in [2.45, 2.75) is 26.8 Å². The minimum Gasteiger partial charge on any atom is -0.299 e. The summed E-state index contributed by atoms with van der Waals surface area (Å²) in [5, 5.41) is 0.746. The van der Waals surface area contributed by atoms with Crippen LogP contribution in [0.15, 0.2) is 39.9 Å². The monoisotopic (exact) mass is 362 g/mol. The molecule has 0 saturated heterocycles. The zero-order valence-electron chi connectivity index (χ0n) is 11.9. The highest BCUT2D eigenvalue weighted by molar-refractivity contribution is 9.10. The number of benzene rings is 1. The SMILES string of the molecule is CCCn1cnc2sc(C)c(-c3ccc(Br)cc3)c2c1=O. The Morgan fingerprint density at radius 2 is 2.00 bits per heavy atom. The van der Waals surface area contributed by atoms with Crippen LogP contribution in [0.25, 0.3) is 21.3 Å². The molecule has 21 heavy (non-hydrogen) atoms. The number of hydrogen-bond acceptors (Lipinski definition) is 3. The lowest BCUT2D eigenvalue weighted by molar-refractivity contribution is 0.648. The van der Waals surface area contributed by atoms with Crippen molar-refractivity contribution >= 4 is 37.5 Å². The van der Waals surface area contributed by atoms with Gasteiger partial charge < -0.3 is 0 Å². The van der Waals surface area contributed by atoms with E-state index in [1.54, 1.807) is 22.2 Å². The summed E-state index contributed by atoms with van der Waals surface area (Å²) in [4.78, 5) is 19.1. The number of rotatable bonds is 3. The van der Waals surface area contributed by atoms with Gasteiger partial charge in [0.2, 0.25) is 0 Å². The van der Waals surface area contributed by atoms with Crippen LogP contribution >= 0.6 is 27.3 Å². The summed E-state index contributed by atoms with van der Waals surface area (Å²) in [5.41, 5.74) is 2.14. The van der Waals surface area contributed by atoms with Crippen LogP contribution in [0, 0.1) is 6.92 Å². The molecule has 0 bridgehead atoms. The molecule has 0 spiro atoms. The van der Waals surface area contributed by atoms with Gasteiger partial charge in [-0.1, -0.05) is 35.0 Å². The van der Waals surface area contributed by atoms with E-state index in [1.807, 2.05) is 31.2 Å². The summed E-state index contributed by atoms with van der Waals surface area (Å²) in [6.07, 6.45) is 2.58. The van der Waals surface area contributed by atoms with E-state index in [0.29, 0.717) is 6.54 Å². The van der Waals surface area contributed by atoms with Crippen LogP contribution in [0.4, 0.5) is 0 Å². The van der Waals surface area contributed by atoms with Crippen molar-refractivity contribution in [1.82, 2.24) is 9.55 Å². The van der Waals surface area contributed by atoms with Crippen LogP contribution in [-0.2, 0) is 6.54 Å². The average Bonchev–Trinajstić information content (AvgIpc) is 2.80. The predicted octanol–water partition coefficient (Wildman–Crippen LogP) is 4.61.